The van der Waals surface area contributed by atoms with E-state index >= 15 is 0 Å². The molecule has 0 aliphatic heterocycles. The minimum atomic E-state index is -0.423. The van der Waals surface area contributed by atoms with Crippen molar-refractivity contribution >= 4 is 5.91 Å². The van der Waals surface area contributed by atoms with Crippen molar-refractivity contribution in [2.75, 3.05) is 13.6 Å². The summed E-state index contributed by atoms with van der Waals surface area (Å²) in [5.41, 5.74) is 8.00. The van der Waals surface area contributed by atoms with Gasteiger partial charge in [-0.25, -0.2) is 0 Å². The fourth-order valence-corrected chi connectivity index (χ4v) is 2.54. The number of hydrogen-bond donors (Lipinski definition) is 1. The maximum atomic E-state index is 11.2. The van der Waals surface area contributed by atoms with Crippen LogP contribution in [-0.2, 0) is 13.2 Å². The molecule has 0 bridgehead atoms. The average Bonchev–Trinajstić information content (AvgIpc) is 2.59. The highest BCUT2D eigenvalue weighted by molar-refractivity contribution is 5.92. The van der Waals surface area contributed by atoms with E-state index in [0.29, 0.717) is 12.2 Å². The van der Waals surface area contributed by atoms with Crippen LogP contribution in [0.2, 0.25) is 0 Å². The molecule has 1 amide bonds. The Morgan fingerprint density at radius 3 is 2.48 bits per heavy atom. The van der Waals surface area contributed by atoms with Gasteiger partial charge < -0.3 is 15.4 Å². The molecule has 0 aliphatic carbocycles. The maximum Gasteiger partial charge on any atom is 0.248 e. The molecule has 4 nitrogen and oxygen atoms in total. The average molecular weight is 340 g/mol. The summed E-state index contributed by atoms with van der Waals surface area (Å²) >= 11 is 0. The van der Waals surface area contributed by atoms with Gasteiger partial charge in [0, 0.05) is 12.1 Å². The fourth-order valence-electron chi connectivity index (χ4n) is 2.54. The molecule has 0 heterocycles. The molecule has 25 heavy (non-hydrogen) atoms. The number of primary amides is 1. The Morgan fingerprint density at radius 1 is 1.12 bits per heavy atom. The van der Waals surface area contributed by atoms with Gasteiger partial charge in [0.2, 0.25) is 5.91 Å². The second kappa shape index (κ2) is 9.23. The van der Waals surface area contributed by atoms with Crippen LogP contribution in [0.5, 0.6) is 5.75 Å². The highest BCUT2D eigenvalue weighted by atomic mass is 16.5. The zero-order chi connectivity index (χ0) is 18.2. The second-order valence-electron chi connectivity index (χ2n) is 6.92. The molecule has 2 aromatic carbocycles. The summed E-state index contributed by atoms with van der Waals surface area (Å²) in [6.45, 7) is 6.95. The lowest BCUT2D eigenvalue weighted by Crippen LogP contribution is -2.20. The minimum absolute atomic E-state index is 0.411. The standard InChI is InChI=1S/C21H28N2O2/c1-16(2)11-12-23(3)14-17-7-9-20(10-8-17)25-15-18-5-4-6-19(13-18)21(22)24/h4-10,13,16H,11-12,14-15H2,1-3H3,(H2,22,24). The van der Waals surface area contributed by atoms with Crippen molar-refractivity contribution in [1.29, 1.82) is 0 Å². The highest BCUT2D eigenvalue weighted by Gasteiger charge is 2.04. The number of nitrogens with zero attached hydrogens (tertiary/aromatic N) is 1. The van der Waals surface area contributed by atoms with Crippen LogP contribution in [0.15, 0.2) is 48.5 Å². The first-order valence-corrected chi connectivity index (χ1v) is 8.73. The smallest absolute Gasteiger partial charge is 0.248 e. The molecule has 4 heteroatoms. The van der Waals surface area contributed by atoms with Crippen molar-refractivity contribution in [3.8, 4) is 5.75 Å². The number of carbonyl (C=O) groups is 1. The number of carbonyl (C=O) groups excluding carboxylic acids is 1. The van der Waals surface area contributed by atoms with Gasteiger partial charge in [-0.15, -0.1) is 0 Å². The molecule has 0 unspecified atom stereocenters. The Kier molecular flexibility index (Phi) is 7.02. The lowest BCUT2D eigenvalue weighted by atomic mass is 10.1. The van der Waals surface area contributed by atoms with Crippen molar-refractivity contribution in [2.24, 2.45) is 11.7 Å². The molecule has 0 saturated carbocycles. The first-order chi connectivity index (χ1) is 11.9. The molecule has 0 saturated heterocycles. The Bertz CT molecular complexity index is 681. The third kappa shape index (κ3) is 6.59. The Morgan fingerprint density at radius 2 is 1.84 bits per heavy atom. The summed E-state index contributed by atoms with van der Waals surface area (Å²) in [4.78, 5) is 13.6. The van der Waals surface area contributed by atoms with E-state index in [1.54, 1.807) is 12.1 Å². The molecule has 134 valence electrons. The number of nitrogens with two attached hydrogens (primary N) is 1. The molecular weight excluding hydrogens is 312 g/mol. The summed E-state index contributed by atoms with van der Waals surface area (Å²) < 4.78 is 5.80. The molecule has 0 radical (unpaired) electrons. The first kappa shape index (κ1) is 19.0. The number of benzene rings is 2. The third-order valence-corrected chi connectivity index (χ3v) is 4.08. The third-order valence-electron chi connectivity index (χ3n) is 4.08. The van der Waals surface area contributed by atoms with Gasteiger partial charge in [0.05, 0.1) is 0 Å². The van der Waals surface area contributed by atoms with Crippen molar-refractivity contribution in [2.45, 2.75) is 33.4 Å². The lowest BCUT2D eigenvalue weighted by molar-refractivity contribution is 0.1000. The Balaban J connectivity index is 1.86. The van der Waals surface area contributed by atoms with E-state index in [0.717, 1.165) is 30.3 Å². The SMILES string of the molecule is CC(C)CCN(C)Cc1ccc(OCc2cccc(C(N)=O)c2)cc1. The van der Waals surface area contributed by atoms with Crippen LogP contribution in [-0.4, -0.2) is 24.4 Å². The van der Waals surface area contributed by atoms with E-state index in [4.69, 9.17) is 10.5 Å². The van der Waals surface area contributed by atoms with Gasteiger partial charge in [-0.05, 0) is 61.3 Å². The van der Waals surface area contributed by atoms with Gasteiger partial charge in [-0.2, -0.15) is 0 Å². The topological polar surface area (TPSA) is 55.6 Å². The number of rotatable bonds is 9. The molecule has 0 fully saturated rings. The molecule has 2 N–H and O–H groups in total. The van der Waals surface area contributed by atoms with Crippen molar-refractivity contribution in [1.82, 2.24) is 4.90 Å². The quantitative estimate of drug-likeness (QED) is 0.754. The first-order valence-electron chi connectivity index (χ1n) is 8.73. The normalized spacial score (nSPS) is 11.1. The molecule has 0 atom stereocenters. The lowest BCUT2D eigenvalue weighted by Gasteiger charge is -2.18. The number of hydrogen-bond acceptors (Lipinski definition) is 3. The van der Waals surface area contributed by atoms with Crippen molar-refractivity contribution < 1.29 is 9.53 Å². The van der Waals surface area contributed by atoms with Crippen LogP contribution in [0.3, 0.4) is 0 Å². The van der Waals surface area contributed by atoms with E-state index in [-0.39, 0.29) is 0 Å². The fraction of sp³-hybridized carbons (Fsp3) is 0.381. The summed E-state index contributed by atoms with van der Waals surface area (Å²) in [7, 11) is 2.15. The van der Waals surface area contributed by atoms with Gasteiger partial charge in [0.1, 0.15) is 12.4 Å². The Labute approximate surface area is 150 Å². The van der Waals surface area contributed by atoms with Crippen molar-refractivity contribution in [3.05, 3.63) is 65.2 Å². The van der Waals surface area contributed by atoms with E-state index in [1.165, 1.54) is 12.0 Å². The van der Waals surface area contributed by atoms with E-state index in [2.05, 4.69) is 37.9 Å². The monoisotopic (exact) mass is 340 g/mol. The predicted octanol–water partition coefficient (Wildman–Crippen LogP) is 3.84. The Hall–Kier alpha value is -2.33. The van der Waals surface area contributed by atoms with E-state index < -0.39 is 5.91 Å². The van der Waals surface area contributed by atoms with Gasteiger partial charge in [0.15, 0.2) is 0 Å². The maximum absolute atomic E-state index is 11.2. The zero-order valence-corrected chi connectivity index (χ0v) is 15.4. The summed E-state index contributed by atoms with van der Waals surface area (Å²) in [5.74, 6) is 1.12. The van der Waals surface area contributed by atoms with Gasteiger partial charge in [0.25, 0.3) is 0 Å². The molecule has 2 aromatic rings. The van der Waals surface area contributed by atoms with Crippen LogP contribution >= 0.6 is 0 Å². The van der Waals surface area contributed by atoms with Crippen LogP contribution in [0.4, 0.5) is 0 Å². The molecular formula is C21H28N2O2. The van der Waals surface area contributed by atoms with Crippen LogP contribution in [0.25, 0.3) is 0 Å². The van der Waals surface area contributed by atoms with E-state index in [9.17, 15) is 4.79 Å². The van der Waals surface area contributed by atoms with Crippen LogP contribution in [0.1, 0.15) is 41.8 Å². The molecule has 2 rings (SSSR count). The van der Waals surface area contributed by atoms with Crippen LogP contribution in [0, 0.1) is 5.92 Å². The summed E-state index contributed by atoms with van der Waals surface area (Å²) in [6.07, 6.45) is 1.21. The molecule has 0 aromatic heterocycles. The number of ether oxygens (including phenoxy) is 1. The van der Waals surface area contributed by atoms with E-state index in [1.807, 2.05) is 24.3 Å². The highest BCUT2D eigenvalue weighted by Crippen LogP contribution is 2.16. The second-order valence-corrected chi connectivity index (χ2v) is 6.92. The van der Waals surface area contributed by atoms with Crippen LogP contribution < -0.4 is 10.5 Å². The molecule has 0 aliphatic rings. The largest absolute Gasteiger partial charge is 0.489 e. The number of amides is 1. The summed E-state index contributed by atoms with van der Waals surface area (Å²) in [5, 5.41) is 0. The zero-order valence-electron chi connectivity index (χ0n) is 15.4. The molecule has 0 spiro atoms. The van der Waals surface area contributed by atoms with Gasteiger partial charge in [-0.1, -0.05) is 38.1 Å². The van der Waals surface area contributed by atoms with Gasteiger partial charge >= 0.3 is 0 Å². The minimum Gasteiger partial charge on any atom is -0.489 e. The summed E-state index contributed by atoms with van der Waals surface area (Å²) in [6, 6.07) is 15.4. The van der Waals surface area contributed by atoms with Gasteiger partial charge in [-0.3, -0.25) is 4.79 Å². The predicted molar refractivity (Wildman–Crippen MR) is 102 cm³/mol. The van der Waals surface area contributed by atoms with Crippen molar-refractivity contribution in [3.63, 3.8) is 0 Å².